The summed E-state index contributed by atoms with van der Waals surface area (Å²) in [6.45, 7) is 3.93. The molecule has 0 atom stereocenters. The van der Waals surface area contributed by atoms with Crippen LogP contribution in [0.25, 0.3) is 0 Å². The fraction of sp³-hybridized carbons (Fsp3) is 0.409. The van der Waals surface area contributed by atoms with Crippen LogP contribution < -0.4 is 19.5 Å². The highest BCUT2D eigenvalue weighted by Crippen LogP contribution is 2.38. The number of nitrogens with zero attached hydrogens (tertiary/aromatic N) is 1. The fourth-order valence-electron chi connectivity index (χ4n) is 3.79. The lowest BCUT2D eigenvalue weighted by molar-refractivity contribution is -0.115. The molecule has 172 valence electrons. The lowest BCUT2D eigenvalue weighted by atomic mass is 10.1. The number of benzene rings is 2. The summed E-state index contributed by atoms with van der Waals surface area (Å²) >= 11 is 6.25. The molecule has 32 heavy (non-hydrogen) atoms. The van der Waals surface area contributed by atoms with Crippen LogP contribution in [-0.2, 0) is 21.2 Å². The van der Waals surface area contributed by atoms with Crippen LogP contribution in [0.4, 0.5) is 5.69 Å². The Labute approximate surface area is 192 Å². The number of hydrogen-bond acceptors (Lipinski definition) is 6. The van der Waals surface area contributed by atoms with E-state index in [1.807, 2.05) is 0 Å². The molecule has 2 aromatic carbocycles. The van der Waals surface area contributed by atoms with Gasteiger partial charge in [0.15, 0.2) is 11.5 Å². The topological polar surface area (TPSA) is 94.2 Å². The van der Waals surface area contributed by atoms with E-state index in [-0.39, 0.29) is 23.0 Å². The van der Waals surface area contributed by atoms with Crippen molar-refractivity contribution in [2.45, 2.75) is 31.1 Å². The van der Waals surface area contributed by atoms with Crippen LogP contribution in [0, 0.1) is 0 Å². The Balaban J connectivity index is 1.54. The van der Waals surface area contributed by atoms with Gasteiger partial charge in [-0.3, -0.25) is 4.79 Å². The van der Waals surface area contributed by atoms with Crippen molar-refractivity contribution in [3.63, 3.8) is 0 Å². The molecule has 2 aliphatic rings. The number of nitrogens with one attached hydrogen (secondary N) is 1. The quantitative estimate of drug-likeness (QED) is 0.652. The summed E-state index contributed by atoms with van der Waals surface area (Å²) in [5.41, 5.74) is 1.03. The molecule has 1 amide bonds. The van der Waals surface area contributed by atoms with Crippen LogP contribution in [0.5, 0.6) is 17.2 Å². The van der Waals surface area contributed by atoms with Gasteiger partial charge >= 0.3 is 0 Å². The Kier molecular flexibility index (Phi) is 6.78. The Morgan fingerprint density at radius 1 is 1.16 bits per heavy atom. The standard InChI is InChI=1S/C22H25ClN2O6S/c1-2-29-18-6-5-16(14-20(18)32(27,28)25-7-3-4-8-25)24-21(26)13-15-11-17(23)22-19(12-15)30-9-10-31-22/h5-6,11-12,14H,2-4,7-10,13H2,1H3,(H,24,26). The Morgan fingerprint density at radius 3 is 2.66 bits per heavy atom. The number of sulfonamides is 1. The van der Waals surface area contributed by atoms with Crippen LogP contribution >= 0.6 is 11.6 Å². The zero-order valence-corrected chi connectivity index (χ0v) is 19.3. The normalized spacial score (nSPS) is 16.1. The summed E-state index contributed by atoms with van der Waals surface area (Å²) in [5.74, 6) is 0.944. The summed E-state index contributed by atoms with van der Waals surface area (Å²) in [7, 11) is -3.72. The molecule has 1 saturated heterocycles. The Bertz CT molecular complexity index is 1120. The van der Waals surface area contributed by atoms with Gasteiger partial charge in [0.1, 0.15) is 23.9 Å². The highest BCUT2D eigenvalue weighted by atomic mass is 35.5. The second-order valence-corrected chi connectivity index (χ2v) is 9.85. The van der Waals surface area contributed by atoms with Gasteiger partial charge in [0, 0.05) is 18.8 Å². The highest BCUT2D eigenvalue weighted by molar-refractivity contribution is 7.89. The minimum absolute atomic E-state index is 0.0395. The number of hydrogen-bond donors (Lipinski definition) is 1. The number of carbonyl (C=O) groups is 1. The van der Waals surface area contributed by atoms with Gasteiger partial charge in [-0.2, -0.15) is 4.31 Å². The number of rotatable bonds is 7. The first-order valence-corrected chi connectivity index (χ1v) is 12.3. The SMILES string of the molecule is CCOc1ccc(NC(=O)Cc2cc(Cl)c3c(c2)OCCO3)cc1S(=O)(=O)N1CCCC1. The maximum atomic E-state index is 13.1. The predicted molar refractivity (Wildman–Crippen MR) is 120 cm³/mol. The first-order chi connectivity index (χ1) is 15.4. The molecule has 0 aliphatic carbocycles. The van der Waals surface area contributed by atoms with Crippen molar-refractivity contribution in [1.29, 1.82) is 0 Å². The smallest absolute Gasteiger partial charge is 0.246 e. The molecule has 0 radical (unpaired) electrons. The second kappa shape index (κ2) is 9.56. The van der Waals surface area contributed by atoms with Gasteiger partial charge in [-0.05, 0) is 55.7 Å². The van der Waals surface area contributed by atoms with Crippen molar-refractivity contribution in [2.75, 3.05) is 38.2 Å². The van der Waals surface area contributed by atoms with E-state index in [9.17, 15) is 13.2 Å². The molecule has 4 rings (SSSR count). The first kappa shape index (κ1) is 22.7. The molecular formula is C22H25ClN2O6S. The van der Waals surface area contributed by atoms with E-state index in [1.165, 1.54) is 10.4 Å². The van der Waals surface area contributed by atoms with Gasteiger partial charge in [0.2, 0.25) is 15.9 Å². The van der Waals surface area contributed by atoms with E-state index in [0.717, 1.165) is 12.8 Å². The monoisotopic (exact) mass is 480 g/mol. The number of ether oxygens (including phenoxy) is 3. The van der Waals surface area contributed by atoms with E-state index < -0.39 is 10.0 Å². The number of amides is 1. The zero-order valence-electron chi connectivity index (χ0n) is 17.7. The van der Waals surface area contributed by atoms with Gasteiger partial charge in [-0.25, -0.2) is 8.42 Å². The van der Waals surface area contributed by atoms with Crippen molar-refractivity contribution in [2.24, 2.45) is 0 Å². The number of halogens is 1. The van der Waals surface area contributed by atoms with Crippen LogP contribution in [0.2, 0.25) is 5.02 Å². The molecule has 0 spiro atoms. The first-order valence-electron chi connectivity index (χ1n) is 10.5. The molecule has 1 fully saturated rings. The third-order valence-electron chi connectivity index (χ3n) is 5.23. The van der Waals surface area contributed by atoms with Crippen molar-refractivity contribution in [3.8, 4) is 17.2 Å². The minimum atomic E-state index is -3.72. The van der Waals surface area contributed by atoms with Gasteiger partial charge < -0.3 is 19.5 Å². The van der Waals surface area contributed by atoms with Gasteiger partial charge in [-0.15, -0.1) is 0 Å². The molecular weight excluding hydrogens is 456 g/mol. The largest absolute Gasteiger partial charge is 0.492 e. The minimum Gasteiger partial charge on any atom is -0.492 e. The van der Waals surface area contributed by atoms with Crippen molar-refractivity contribution < 1.29 is 27.4 Å². The van der Waals surface area contributed by atoms with Crippen molar-refractivity contribution >= 4 is 33.2 Å². The van der Waals surface area contributed by atoms with E-state index in [2.05, 4.69) is 5.32 Å². The van der Waals surface area contributed by atoms with Crippen molar-refractivity contribution in [1.82, 2.24) is 4.31 Å². The van der Waals surface area contributed by atoms with E-state index in [1.54, 1.807) is 31.2 Å². The van der Waals surface area contributed by atoms with Gasteiger partial charge in [-0.1, -0.05) is 11.6 Å². The maximum Gasteiger partial charge on any atom is 0.246 e. The maximum absolute atomic E-state index is 13.1. The fourth-order valence-corrected chi connectivity index (χ4v) is 5.75. The van der Waals surface area contributed by atoms with Crippen LogP contribution in [-0.4, -0.2) is 51.5 Å². The molecule has 1 N–H and O–H groups in total. The summed E-state index contributed by atoms with van der Waals surface area (Å²) in [5, 5.41) is 3.15. The number of fused-ring (bicyclic) bond motifs is 1. The molecule has 8 nitrogen and oxygen atoms in total. The molecule has 0 unspecified atom stereocenters. The van der Waals surface area contributed by atoms with E-state index in [4.69, 9.17) is 25.8 Å². The molecule has 2 aromatic rings. The lowest BCUT2D eigenvalue weighted by Crippen LogP contribution is -2.28. The van der Waals surface area contributed by atoms with Crippen LogP contribution in [0.15, 0.2) is 35.2 Å². The molecule has 0 aromatic heterocycles. The van der Waals surface area contributed by atoms with Gasteiger partial charge in [0.05, 0.1) is 18.1 Å². The number of carbonyl (C=O) groups excluding carboxylic acids is 1. The molecule has 2 aliphatic heterocycles. The zero-order chi connectivity index (χ0) is 22.7. The predicted octanol–water partition coefficient (Wildman–Crippen LogP) is 3.48. The molecule has 0 bridgehead atoms. The Morgan fingerprint density at radius 2 is 1.91 bits per heavy atom. The molecule has 0 saturated carbocycles. The van der Waals surface area contributed by atoms with Crippen molar-refractivity contribution in [3.05, 3.63) is 40.9 Å². The third-order valence-corrected chi connectivity index (χ3v) is 7.43. The Hall–Kier alpha value is -2.49. The third kappa shape index (κ3) is 4.79. The highest BCUT2D eigenvalue weighted by Gasteiger charge is 2.30. The molecule has 10 heteroatoms. The van der Waals surface area contributed by atoms with Gasteiger partial charge in [0.25, 0.3) is 0 Å². The molecule has 2 heterocycles. The summed E-state index contributed by atoms with van der Waals surface area (Å²) < 4.78 is 44.3. The second-order valence-electron chi connectivity index (χ2n) is 7.53. The lowest BCUT2D eigenvalue weighted by Gasteiger charge is -2.20. The van der Waals surface area contributed by atoms with Crippen LogP contribution in [0.1, 0.15) is 25.3 Å². The average molecular weight is 481 g/mol. The summed E-state index contributed by atoms with van der Waals surface area (Å²) in [6, 6.07) is 8.04. The summed E-state index contributed by atoms with van der Waals surface area (Å²) in [6.07, 6.45) is 1.70. The summed E-state index contributed by atoms with van der Waals surface area (Å²) in [4.78, 5) is 12.7. The van der Waals surface area contributed by atoms with E-state index in [0.29, 0.717) is 60.7 Å². The number of anilines is 1. The van der Waals surface area contributed by atoms with E-state index >= 15 is 0 Å². The average Bonchev–Trinajstić information content (AvgIpc) is 3.31. The van der Waals surface area contributed by atoms with Crippen LogP contribution in [0.3, 0.4) is 0 Å².